The lowest BCUT2D eigenvalue weighted by atomic mass is 9.91. The van der Waals surface area contributed by atoms with Gasteiger partial charge in [-0.3, -0.25) is 4.79 Å². The van der Waals surface area contributed by atoms with Crippen molar-refractivity contribution in [1.29, 1.82) is 0 Å². The van der Waals surface area contributed by atoms with Crippen LogP contribution in [0.2, 0.25) is 0 Å². The Balaban J connectivity index is 2.32. The van der Waals surface area contributed by atoms with Gasteiger partial charge in [0.15, 0.2) is 0 Å². The Labute approximate surface area is 128 Å². The summed E-state index contributed by atoms with van der Waals surface area (Å²) < 4.78 is 36.4. The van der Waals surface area contributed by atoms with E-state index < -0.39 is 20.8 Å². The SMILES string of the molecule is CC1CCCN(C(=O)c2ccc(S(=O)(=O)Cl)cc2F)C1C. The molecule has 0 N–H and O–H groups in total. The fourth-order valence-electron chi connectivity index (χ4n) is 2.60. The van der Waals surface area contributed by atoms with E-state index in [9.17, 15) is 17.6 Å². The Hall–Kier alpha value is -1.14. The van der Waals surface area contributed by atoms with E-state index in [-0.39, 0.29) is 16.5 Å². The largest absolute Gasteiger partial charge is 0.336 e. The third-order valence-electron chi connectivity index (χ3n) is 4.09. The van der Waals surface area contributed by atoms with Crippen LogP contribution in [0.4, 0.5) is 4.39 Å². The van der Waals surface area contributed by atoms with Crippen LogP contribution in [0.3, 0.4) is 0 Å². The van der Waals surface area contributed by atoms with Crippen molar-refractivity contribution in [2.24, 2.45) is 5.92 Å². The summed E-state index contributed by atoms with van der Waals surface area (Å²) in [5.74, 6) is -0.925. The van der Waals surface area contributed by atoms with Crippen molar-refractivity contribution < 1.29 is 17.6 Å². The maximum absolute atomic E-state index is 14.0. The number of piperidine rings is 1. The zero-order chi connectivity index (χ0) is 15.8. The summed E-state index contributed by atoms with van der Waals surface area (Å²) in [6.07, 6.45) is 1.92. The normalized spacial score (nSPS) is 23.1. The first-order chi connectivity index (χ1) is 9.71. The minimum Gasteiger partial charge on any atom is -0.336 e. The van der Waals surface area contributed by atoms with Crippen molar-refractivity contribution in [3.63, 3.8) is 0 Å². The molecule has 1 fully saturated rings. The van der Waals surface area contributed by atoms with Gasteiger partial charge in [0.05, 0.1) is 10.5 Å². The minimum atomic E-state index is -4.00. The minimum absolute atomic E-state index is 0.0297. The molecule has 0 aromatic heterocycles. The number of rotatable bonds is 2. The van der Waals surface area contributed by atoms with Gasteiger partial charge in [0, 0.05) is 23.3 Å². The van der Waals surface area contributed by atoms with Crippen LogP contribution in [0.25, 0.3) is 0 Å². The van der Waals surface area contributed by atoms with Crippen LogP contribution < -0.4 is 0 Å². The molecule has 0 spiro atoms. The molecule has 1 amide bonds. The lowest BCUT2D eigenvalue weighted by Crippen LogP contribution is -2.46. The summed E-state index contributed by atoms with van der Waals surface area (Å²) >= 11 is 0. The zero-order valence-electron chi connectivity index (χ0n) is 11.8. The second kappa shape index (κ2) is 5.93. The van der Waals surface area contributed by atoms with Gasteiger partial charge in [-0.2, -0.15) is 0 Å². The molecule has 2 unspecified atom stereocenters. The molecule has 1 saturated heterocycles. The van der Waals surface area contributed by atoms with Crippen LogP contribution in [-0.2, 0) is 9.05 Å². The van der Waals surface area contributed by atoms with Gasteiger partial charge in [0.1, 0.15) is 5.82 Å². The van der Waals surface area contributed by atoms with Gasteiger partial charge in [0.25, 0.3) is 15.0 Å². The Morgan fingerprint density at radius 3 is 2.62 bits per heavy atom. The number of carbonyl (C=O) groups is 1. The Morgan fingerprint density at radius 2 is 2.05 bits per heavy atom. The zero-order valence-corrected chi connectivity index (χ0v) is 13.4. The van der Waals surface area contributed by atoms with Gasteiger partial charge in [-0.1, -0.05) is 6.92 Å². The summed E-state index contributed by atoms with van der Waals surface area (Å²) in [5.41, 5.74) is -0.125. The topological polar surface area (TPSA) is 54.5 Å². The van der Waals surface area contributed by atoms with Gasteiger partial charge in [-0.15, -0.1) is 0 Å². The number of halogens is 2. The molecular formula is C14H17ClFNO3S. The molecule has 0 saturated carbocycles. The molecule has 1 heterocycles. The molecule has 7 heteroatoms. The van der Waals surface area contributed by atoms with E-state index >= 15 is 0 Å². The van der Waals surface area contributed by atoms with Crippen molar-refractivity contribution in [3.05, 3.63) is 29.6 Å². The quantitative estimate of drug-likeness (QED) is 0.782. The third kappa shape index (κ3) is 3.37. The van der Waals surface area contributed by atoms with E-state index in [1.165, 1.54) is 6.07 Å². The fraction of sp³-hybridized carbons (Fsp3) is 0.500. The molecule has 1 aromatic rings. The lowest BCUT2D eigenvalue weighted by Gasteiger charge is -2.38. The number of hydrogen-bond acceptors (Lipinski definition) is 3. The van der Waals surface area contributed by atoms with Gasteiger partial charge >= 0.3 is 0 Å². The Morgan fingerprint density at radius 1 is 1.38 bits per heavy atom. The summed E-state index contributed by atoms with van der Waals surface area (Å²) in [4.78, 5) is 13.7. The van der Waals surface area contributed by atoms with Crippen molar-refractivity contribution in [2.75, 3.05) is 6.54 Å². The Bertz CT molecular complexity index is 662. The standard InChI is InChI=1S/C14H17ClFNO3S/c1-9-4-3-7-17(10(9)2)14(18)12-6-5-11(8-13(12)16)21(15,19)20/h5-6,8-10H,3-4,7H2,1-2H3. The van der Waals surface area contributed by atoms with Gasteiger partial charge < -0.3 is 4.90 Å². The molecule has 1 aliphatic rings. The van der Waals surface area contributed by atoms with Crippen LogP contribution in [-0.4, -0.2) is 31.8 Å². The van der Waals surface area contributed by atoms with E-state index in [1.807, 2.05) is 6.92 Å². The second-order valence-electron chi connectivity index (χ2n) is 5.44. The van der Waals surface area contributed by atoms with Crippen LogP contribution in [0.15, 0.2) is 23.1 Å². The highest BCUT2D eigenvalue weighted by molar-refractivity contribution is 8.13. The number of nitrogens with zero attached hydrogens (tertiary/aromatic N) is 1. The van der Waals surface area contributed by atoms with Crippen molar-refractivity contribution >= 4 is 25.6 Å². The predicted molar refractivity (Wildman–Crippen MR) is 78.3 cm³/mol. The smallest absolute Gasteiger partial charge is 0.261 e. The number of likely N-dealkylation sites (tertiary alicyclic amines) is 1. The van der Waals surface area contributed by atoms with Crippen LogP contribution in [0, 0.1) is 11.7 Å². The molecule has 0 aliphatic carbocycles. The summed E-state index contributed by atoms with van der Waals surface area (Å²) in [6, 6.07) is 3.14. The highest BCUT2D eigenvalue weighted by Gasteiger charge is 2.30. The molecule has 1 aliphatic heterocycles. The molecule has 4 nitrogen and oxygen atoms in total. The number of hydrogen-bond donors (Lipinski definition) is 0. The van der Waals surface area contributed by atoms with Crippen molar-refractivity contribution in [2.45, 2.75) is 37.6 Å². The van der Waals surface area contributed by atoms with E-state index in [0.29, 0.717) is 12.5 Å². The van der Waals surface area contributed by atoms with Crippen molar-refractivity contribution in [1.82, 2.24) is 4.90 Å². The number of carbonyl (C=O) groups excluding carboxylic acids is 1. The van der Waals surface area contributed by atoms with Crippen LogP contribution in [0.1, 0.15) is 37.0 Å². The molecule has 2 rings (SSSR count). The summed E-state index contributed by atoms with van der Waals surface area (Å²) in [5, 5.41) is 0. The average molecular weight is 334 g/mol. The predicted octanol–water partition coefficient (Wildman–Crippen LogP) is 3.01. The molecular weight excluding hydrogens is 317 g/mol. The number of benzene rings is 1. The molecule has 0 radical (unpaired) electrons. The van der Waals surface area contributed by atoms with Crippen LogP contribution >= 0.6 is 10.7 Å². The van der Waals surface area contributed by atoms with E-state index in [1.54, 1.807) is 4.90 Å². The van der Waals surface area contributed by atoms with E-state index in [0.717, 1.165) is 25.0 Å². The maximum atomic E-state index is 14.0. The maximum Gasteiger partial charge on any atom is 0.261 e. The molecule has 1 aromatic carbocycles. The highest BCUT2D eigenvalue weighted by Crippen LogP contribution is 2.26. The summed E-state index contributed by atoms with van der Waals surface area (Å²) in [6.45, 7) is 4.58. The molecule has 0 bridgehead atoms. The molecule has 2 atom stereocenters. The first-order valence-electron chi connectivity index (χ1n) is 6.77. The van der Waals surface area contributed by atoms with Crippen LogP contribution in [0.5, 0.6) is 0 Å². The number of amides is 1. The summed E-state index contributed by atoms with van der Waals surface area (Å²) in [7, 11) is 1.16. The second-order valence-corrected chi connectivity index (χ2v) is 8.00. The fourth-order valence-corrected chi connectivity index (χ4v) is 3.36. The van der Waals surface area contributed by atoms with E-state index in [4.69, 9.17) is 10.7 Å². The Kier molecular flexibility index (Phi) is 4.58. The lowest BCUT2D eigenvalue weighted by molar-refractivity contribution is 0.0546. The van der Waals surface area contributed by atoms with Crippen molar-refractivity contribution in [3.8, 4) is 0 Å². The first-order valence-corrected chi connectivity index (χ1v) is 9.08. The van der Waals surface area contributed by atoms with Gasteiger partial charge in [-0.05, 0) is 43.9 Å². The average Bonchev–Trinajstić information content (AvgIpc) is 2.40. The van der Waals surface area contributed by atoms with Gasteiger partial charge in [0.2, 0.25) is 0 Å². The third-order valence-corrected chi connectivity index (χ3v) is 5.44. The molecule has 116 valence electrons. The van der Waals surface area contributed by atoms with E-state index in [2.05, 4.69) is 6.92 Å². The highest BCUT2D eigenvalue weighted by atomic mass is 35.7. The van der Waals surface area contributed by atoms with Gasteiger partial charge in [-0.25, -0.2) is 12.8 Å². The molecule has 21 heavy (non-hydrogen) atoms. The first kappa shape index (κ1) is 16.2. The monoisotopic (exact) mass is 333 g/mol.